The van der Waals surface area contributed by atoms with Crippen molar-refractivity contribution in [3.05, 3.63) is 93.5 Å². The zero-order valence-electron chi connectivity index (χ0n) is 17.0. The molecule has 2 N–H and O–H groups in total. The molecule has 0 saturated carbocycles. The summed E-state index contributed by atoms with van der Waals surface area (Å²) in [5.41, 5.74) is 3.69. The summed E-state index contributed by atoms with van der Waals surface area (Å²) in [6.07, 6.45) is 0. The molecule has 1 heterocycles. The number of nitrogens with one attached hydrogen (secondary N) is 2. The van der Waals surface area contributed by atoms with Gasteiger partial charge in [-0.2, -0.15) is 0 Å². The van der Waals surface area contributed by atoms with Gasteiger partial charge in [0, 0.05) is 29.3 Å². The molecule has 0 aliphatic heterocycles. The molecule has 1 aromatic heterocycles. The zero-order valence-corrected chi connectivity index (χ0v) is 17.8. The maximum atomic E-state index is 12.5. The molecule has 3 aromatic carbocycles. The second-order valence-electron chi connectivity index (χ2n) is 7.03. The Morgan fingerprint density at radius 1 is 1.09 bits per heavy atom. The van der Waals surface area contributed by atoms with Crippen LogP contribution in [0.4, 0.5) is 5.69 Å². The quantitative estimate of drug-likeness (QED) is 0.263. The van der Waals surface area contributed by atoms with Crippen molar-refractivity contribution in [2.24, 2.45) is 0 Å². The first-order valence-electron chi connectivity index (χ1n) is 9.70. The van der Waals surface area contributed by atoms with Gasteiger partial charge in [-0.1, -0.05) is 30.3 Å². The second-order valence-corrected chi connectivity index (χ2v) is 7.44. The van der Waals surface area contributed by atoms with Gasteiger partial charge < -0.3 is 9.73 Å². The van der Waals surface area contributed by atoms with E-state index in [4.69, 9.17) is 16.6 Å². The molecule has 32 heavy (non-hydrogen) atoms. The number of amides is 1. The van der Waals surface area contributed by atoms with Crippen LogP contribution in [-0.2, 0) is 6.54 Å². The average Bonchev–Trinajstić information content (AvgIpc) is 3.22. The third-order valence-electron chi connectivity index (χ3n) is 4.92. The minimum absolute atomic E-state index is 0.115. The van der Waals surface area contributed by atoms with Crippen LogP contribution in [0.2, 0.25) is 0 Å². The number of carbonyl (C=O) groups is 1. The summed E-state index contributed by atoms with van der Waals surface area (Å²) in [7, 11) is 0. The number of hydrogen-bond donors (Lipinski definition) is 2. The number of nitro groups is 1. The van der Waals surface area contributed by atoms with E-state index in [0.29, 0.717) is 12.4 Å². The number of carbonyl (C=O) groups excluding carboxylic acids is 1. The van der Waals surface area contributed by atoms with Crippen molar-refractivity contribution in [1.82, 2.24) is 15.6 Å². The van der Waals surface area contributed by atoms with Crippen molar-refractivity contribution in [3.8, 4) is 11.5 Å². The summed E-state index contributed by atoms with van der Waals surface area (Å²) in [6, 6.07) is 19.5. The molecule has 4 rings (SSSR count). The highest BCUT2D eigenvalue weighted by molar-refractivity contribution is 7.80. The van der Waals surface area contributed by atoms with Gasteiger partial charge in [-0.3, -0.25) is 20.2 Å². The highest BCUT2D eigenvalue weighted by Crippen LogP contribution is 2.24. The minimum atomic E-state index is -0.521. The largest absolute Gasteiger partial charge is 0.436 e. The number of para-hydroxylation sites is 2. The Kier molecular flexibility index (Phi) is 5.91. The zero-order chi connectivity index (χ0) is 22.7. The Labute approximate surface area is 188 Å². The van der Waals surface area contributed by atoms with Crippen LogP contribution in [0.1, 0.15) is 21.5 Å². The molecule has 0 unspecified atom stereocenters. The lowest BCUT2D eigenvalue weighted by molar-refractivity contribution is -0.385. The smallest absolute Gasteiger partial charge is 0.273 e. The Bertz CT molecular complexity index is 1300. The number of oxazole rings is 1. The Hall–Kier alpha value is -4.11. The van der Waals surface area contributed by atoms with Crippen LogP contribution in [0, 0.1) is 17.0 Å². The van der Waals surface area contributed by atoms with E-state index in [2.05, 4.69) is 15.6 Å². The van der Waals surface area contributed by atoms with E-state index >= 15 is 0 Å². The van der Waals surface area contributed by atoms with Crippen LogP contribution >= 0.6 is 12.2 Å². The summed E-state index contributed by atoms with van der Waals surface area (Å²) in [5, 5.41) is 16.7. The molecule has 0 saturated heterocycles. The average molecular weight is 446 g/mol. The van der Waals surface area contributed by atoms with Crippen molar-refractivity contribution < 1.29 is 14.1 Å². The molecular formula is C23H18N4O4S. The maximum Gasteiger partial charge on any atom is 0.273 e. The highest BCUT2D eigenvalue weighted by Gasteiger charge is 2.18. The molecule has 0 fully saturated rings. The summed E-state index contributed by atoms with van der Waals surface area (Å²) >= 11 is 5.19. The number of thiocarbonyl (C=S) groups is 1. The molecule has 0 bridgehead atoms. The van der Waals surface area contributed by atoms with Crippen LogP contribution in [0.5, 0.6) is 0 Å². The number of hydrogen-bond acceptors (Lipinski definition) is 6. The first-order valence-corrected chi connectivity index (χ1v) is 10.1. The number of nitrogens with zero attached hydrogens (tertiary/aromatic N) is 2. The van der Waals surface area contributed by atoms with E-state index in [1.165, 1.54) is 25.1 Å². The van der Waals surface area contributed by atoms with E-state index < -0.39 is 10.8 Å². The van der Waals surface area contributed by atoms with Crippen molar-refractivity contribution in [1.29, 1.82) is 0 Å². The van der Waals surface area contributed by atoms with Crippen LogP contribution in [0.15, 0.2) is 71.1 Å². The number of benzene rings is 3. The van der Waals surface area contributed by atoms with Crippen LogP contribution in [0.3, 0.4) is 0 Å². The van der Waals surface area contributed by atoms with Crippen molar-refractivity contribution in [3.63, 3.8) is 0 Å². The van der Waals surface area contributed by atoms with E-state index in [1.807, 2.05) is 48.5 Å². The SMILES string of the molecule is Cc1c(C(=O)NC(=S)NCc2ccc(-c3nc4ccccc4o3)cc2)cccc1[N+](=O)[O-]. The molecule has 0 radical (unpaired) electrons. The summed E-state index contributed by atoms with van der Waals surface area (Å²) < 4.78 is 5.77. The first-order chi connectivity index (χ1) is 15.4. The Morgan fingerprint density at radius 2 is 1.84 bits per heavy atom. The molecule has 8 nitrogen and oxygen atoms in total. The topological polar surface area (TPSA) is 110 Å². The summed E-state index contributed by atoms with van der Waals surface area (Å²) in [6.45, 7) is 1.92. The summed E-state index contributed by atoms with van der Waals surface area (Å²) in [4.78, 5) is 27.5. The Balaban J connectivity index is 1.36. The lowest BCUT2D eigenvalue weighted by Gasteiger charge is -2.11. The van der Waals surface area contributed by atoms with E-state index in [-0.39, 0.29) is 21.9 Å². The van der Waals surface area contributed by atoms with Gasteiger partial charge in [0.05, 0.1) is 4.92 Å². The fourth-order valence-electron chi connectivity index (χ4n) is 3.23. The third-order valence-corrected chi connectivity index (χ3v) is 5.17. The highest BCUT2D eigenvalue weighted by atomic mass is 32.1. The van der Waals surface area contributed by atoms with Gasteiger partial charge >= 0.3 is 0 Å². The standard InChI is InChI=1S/C23H18N4O4S/c1-14-17(5-4-7-19(14)27(29)30)21(28)26-23(32)24-13-15-9-11-16(12-10-15)22-25-18-6-2-3-8-20(18)31-22/h2-12H,13H2,1H3,(H2,24,26,28,32). The molecule has 0 spiro atoms. The number of nitro benzene ring substituents is 1. The molecule has 1 amide bonds. The lowest BCUT2D eigenvalue weighted by Crippen LogP contribution is -2.39. The van der Waals surface area contributed by atoms with Gasteiger partial charge in [0.1, 0.15) is 5.52 Å². The molecule has 0 atom stereocenters. The predicted molar refractivity (Wildman–Crippen MR) is 124 cm³/mol. The number of rotatable bonds is 5. The molecule has 0 aliphatic carbocycles. The third kappa shape index (κ3) is 4.47. The van der Waals surface area contributed by atoms with Gasteiger partial charge in [0.2, 0.25) is 5.89 Å². The summed E-state index contributed by atoms with van der Waals surface area (Å²) in [5.74, 6) is 0.0378. The van der Waals surface area contributed by atoms with Crippen molar-refractivity contribution in [2.45, 2.75) is 13.5 Å². The van der Waals surface area contributed by atoms with Crippen LogP contribution in [-0.4, -0.2) is 20.9 Å². The van der Waals surface area contributed by atoms with Gasteiger partial charge in [0.15, 0.2) is 10.7 Å². The fourth-order valence-corrected chi connectivity index (χ4v) is 3.39. The van der Waals surface area contributed by atoms with Gasteiger partial charge in [-0.25, -0.2) is 4.98 Å². The monoisotopic (exact) mass is 446 g/mol. The molecular weight excluding hydrogens is 428 g/mol. The normalized spacial score (nSPS) is 10.7. The fraction of sp³-hybridized carbons (Fsp3) is 0.0870. The molecule has 0 aliphatic rings. The maximum absolute atomic E-state index is 12.5. The van der Waals surface area contributed by atoms with E-state index in [9.17, 15) is 14.9 Å². The van der Waals surface area contributed by atoms with Crippen LogP contribution < -0.4 is 10.6 Å². The number of aromatic nitrogens is 1. The van der Waals surface area contributed by atoms with Crippen molar-refractivity contribution >= 4 is 40.0 Å². The van der Waals surface area contributed by atoms with Gasteiger partial charge in [0.25, 0.3) is 11.6 Å². The predicted octanol–water partition coefficient (Wildman–Crippen LogP) is 4.52. The van der Waals surface area contributed by atoms with E-state index in [1.54, 1.807) is 0 Å². The molecule has 9 heteroatoms. The van der Waals surface area contributed by atoms with E-state index in [0.717, 1.165) is 22.2 Å². The Morgan fingerprint density at radius 3 is 2.56 bits per heavy atom. The molecule has 4 aromatic rings. The van der Waals surface area contributed by atoms with Crippen LogP contribution in [0.25, 0.3) is 22.6 Å². The van der Waals surface area contributed by atoms with Gasteiger partial charge in [-0.15, -0.1) is 0 Å². The first kappa shape index (κ1) is 21.1. The van der Waals surface area contributed by atoms with Gasteiger partial charge in [-0.05, 0) is 55.0 Å². The lowest BCUT2D eigenvalue weighted by atomic mass is 10.1. The van der Waals surface area contributed by atoms with Crippen molar-refractivity contribution in [2.75, 3.05) is 0 Å². The second kappa shape index (κ2) is 8.94. The number of fused-ring (bicyclic) bond motifs is 1. The molecule has 160 valence electrons. The minimum Gasteiger partial charge on any atom is -0.436 e.